The molecule has 1 aliphatic rings. The molecule has 0 radical (unpaired) electrons. The van der Waals surface area contributed by atoms with E-state index in [1.165, 1.54) is 23.5 Å². The molecule has 0 aliphatic carbocycles. The molecule has 126 valence electrons. The van der Waals surface area contributed by atoms with Gasteiger partial charge in [0.1, 0.15) is 0 Å². The normalized spacial score (nSPS) is 16.8. The largest absolute Gasteiger partial charge is 0.490 e. The Bertz CT molecular complexity index is 910. The van der Waals surface area contributed by atoms with E-state index in [1.807, 2.05) is 19.1 Å². The molecule has 24 heavy (non-hydrogen) atoms. The van der Waals surface area contributed by atoms with Crippen LogP contribution in [0.4, 0.5) is 11.4 Å². The Morgan fingerprint density at radius 2 is 1.96 bits per heavy atom. The number of nitrogens with zero attached hydrogens (tertiary/aromatic N) is 2. The van der Waals surface area contributed by atoms with Gasteiger partial charge >= 0.3 is 5.69 Å². The number of fused-ring (bicyclic) bond motifs is 1. The lowest BCUT2D eigenvalue weighted by Crippen LogP contribution is -2.35. The van der Waals surface area contributed by atoms with Gasteiger partial charge in [-0.15, -0.1) is 0 Å². The Kier molecular flexibility index (Phi) is 3.92. The second-order valence-corrected chi connectivity index (χ2v) is 7.39. The first-order valence-corrected chi connectivity index (χ1v) is 8.75. The molecule has 1 aliphatic heterocycles. The summed E-state index contributed by atoms with van der Waals surface area (Å²) in [6, 6.07) is 10.7. The molecular weight excluding hydrogens is 332 g/mol. The van der Waals surface area contributed by atoms with Crippen LogP contribution in [-0.2, 0) is 16.4 Å². The Labute approximate surface area is 139 Å². The summed E-state index contributed by atoms with van der Waals surface area (Å²) in [4.78, 5) is 10.4. The molecule has 8 heteroatoms. The summed E-state index contributed by atoms with van der Waals surface area (Å²) in [6.45, 7) is 1.81. The van der Waals surface area contributed by atoms with E-state index in [9.17, 15) is 18.5 Å². The number of benzene rings is 2. The zero-order valence-corrected chi connectivity index (χ0v) is 14.0. The monoisotopic (exact) mass is 348 g/mol. The molecular formula is C16H16N2O5S. The van der Waals surface area contributed by atoms with E-state index in [4.69, 9.17) is 4.74 Å². The van der Waals surface area contributed by atoms with Crippen LogP contribution < -0.4 is 9.04 Å². The Morgan fingerprint density at radius 1 is 1.25 bits per heavy atom. The molecule has 0 bridgehead atoms. The SMILES string of the molecule is COc1ccc(S(=O)(=O)N2c3ccccc3CC2C)cc1[N+](=O)[O-]. The maximum Gasteiger partial charge on any atom is 0.312 e. The molecule has 3 rings (SSSR count). The van der Waals surface area contributed by atoms with E-state index in [0.29, 0.717) is 12.1 Å². The highest BCUT2D eigenvalue weighted by Gasteiger charge is 2.36. The van der Waals surface area contributed by atoms with Crippen LogP contribution in [0.15, 0.2) is 47.4 Å². The van der Waals surface area contributed by atoms with Crippen molar-refractivity contribution in [3.63, 3.8) is 0 Å². The van der Waals surface area contributed by atoms with Crippen LogP contribution >= 0.6 is 0 Å². The Hall–Kier alpha value is -2.61. The lowest BCUT2D eigenvalue weighted by molar-refractivity contribution is -0.386. The smallest absolute Gasteiger partial charge is 0.312 e. The van der Waals surface area contributed by atoms with Gasteiger partial charge in [0, 0.05) is 12.1 Å². The molecule has 7 nitrogen and oxygen atoms in total. The van der Waals surface area contributed by atoms with Gasteiger partial charge in [-0.2, -0.15) is 0 Å². The van der Waals surface area contributed by atoms with Crippen LogP contribution in [0.1, 0.15) is 12.5 Å². The van der Waals surface area contributed by atoms with Crippen molar-refractivity contribution >= 4 is 21.4 Å². The second-order valence-electron chi connectivity index (χ2n) is 5.57. The predicted molar refractivity (Wildman–Crippen MR) is 88.9 cm³/mol. The van der Waals surface area contributed by atoms with Crippen LogP contribution in [0.5, 0.6) is 5.75 Å². The molecule has 0 amide bonds. The van der Waals surface area contributed by atoms with Crippen LogP contribution in [0.25, 0.3) is 0 Å². The molecule has 0 spiro atoms. The summed E-state index contributed by atoms with van der Waals surface area (Å²) >= 11 is 0. The van der Waals surface area contributed by atoms with Crippen molar-refractivity contribution in [1.82, 2.24) is 0 Å². The van der Waals surface area contributed by atoms with Crippen molar-refractivity contribution in [3.8, 4) is 5.75 Å². The van der Waals surface area contributed by atoms with Gasteiger partial charge in [0.15, 0.2) is 5.75 Å². The average molecular weight is 348 g/mol. The molecule has 0 saturated heterocycles. The molecule has 1 heterocycles. The summed E-state index contributed by atoms with van der Waals surface area (Å²) in [5.41, 5.74) is 1.18. The molecule has 2 aromatic rings. The van der Waals surface area contributed by atoms with Gasteiger partial charge in [-0.05, 0) is 37.1 Å². The van der Waals surface area contributed by atoms with E-state index in [1.54, 1.807) is 12.1 Å². The number of hydrogen-bond donors (Lipinski definition) is 0. The maximum absolute atomic E-state index is 13.0. The van der Waals surface area contributed by atoms with Gasteiger partial charge in [0.2, 0.25) is 0 Å². The lowest BCUT2D eigenvalue weighted by atomic mass is 10.1. The first kappa shape index (κ1) is 16.3. The van der Waals surface area contributed by atoms with Crippen molar-refractivity contribution in [1.29, 1.82) is 0 Å². The summed E-state index contributed by atoms with van der Waals surface area (Å²) in [6.07, 6.45) is 0.605. The van der Waals surface area contributed by atoms with Crippen molar-refractivity contribution in [2.24, 2.45) is 0 Å². The number of nitro groups is 1. The molecule has 2 aromatic carbocycles. The number of anilines is 1. The molecule has 0 N–H and O–H groups in total. The van der Waals surface area contributed by atoms with Gasteiger partial charge in [0.05, 0.1) is 22.6 Å². The minimum Gasteiger partial charge on any atom is -0.490 e. The number of para-hydroxylation sites is 1. The fraction of sp³-hybridized carbons (Fsp3) is 0.250. The Balaban J connectivity index is 2.12. The highest BCUT2D eigenvalue weighted by molar-refractivity contribution is 7.92. The fourth-order valence-corrected chi connectivity index (χ4v) is 4.70. The van der Waals surface area contributed by atoms with Crippen LogP contribution in [0.3, 0.4) is 0 Å². The predicted octanol–water partition coefficient (Wildman–Crippen LogP) is 2.74. The molecule has 0 aromatic heterocycles. The Morgan fingerprint density at radius 3 is 2.62 bits per heavy atom. The highest BCUT2D eigenvalue weighted by atomic mass is 32.2. The van der Waals surface area contributed by atoms with E-state index in [0.717, 1.165) is 11.6 Å². The average Bonchev–Trinajstić information content (AvgIpc) is 2.90. The van der Waals surface area contributed by atoms with E-state index >= 15 is 0 Å². The molecule has 1 atom stereocenters. The van der Waals surface area contributed by atoms with Crippen LogP contribution in [0.2, 0.25) is 0 Å². The van der Waals surface area contributed by atoms with Crippen LogP contribution in [0, 0.1) is 10.1 Å². The summed E-state index contributed by atoms with van der Waals surface area (Å²) < 4.78 is 32.3. The highest BCUT2D eigenvalue weighted by Crippen LogP contribution is 2.38. The van der Waals surface area contributed by atoms with Gasteiger partial charge in [-0.1, -0.05) is 18.2 Å². The minimum atomic E-state index is -3.91. The van der Waals surface area contributed by atoms with Gasteiger partial charge in [0.25, 0.3) is 10.0 Å². The molecule has 1 unspecified atom stereocenters. The van der Waals surface area contributed by atoms with Gasteiger partial charge in [-0.3, -0.25) is 14.4 Å². The lowest BCUT2D eigenvalue weighted by Gasteiger charge is -2.24. The summed E-state index contributed by atoms with van der Waals surface area (Å²) in [5.74, 6) is 0.0221. The van der Waals surface area contributed by atoms with Crippen molar-refractivity contribution in [2.45, 2.75) is 24.3 Å². The van der Waals surface area contributed by atoms with Gasteiger partial charge < -0.3 is 4.74 Å². The zero-order valence-electron chi connectivity index (χ0n) is 13.2. The summed E-state index contributed by atoms with van der Waals surface area (Å²) in [7, 11) is -2.61. The third-order valence-electron chi connectivity index (χ3n) is 4.05. The number of rotatable bonds is 4. The first-order chi connectivity index (χ1) is 11.4. The minimum absolute atomic E-state index is 0.0221. The maximum atomic E-state index is 13.0. The van der Waals surface area contributed by atoms with Crippen molar-refractivity contribution in [3.05, 3.63) is 58.1 Å². The van der Waals surface area contributed by atoms with Crippen molar-refractivity contribution < 1.29 is 18.1 Å². The number of sulfonamides is 1. The third-order valence-corrected chi connectivity index (χ3v) is 5.97. The van der Waals surface area contributed by atoms with Crippen molar-refractivity contribution in [2.75, 3.05) is 11.4 Å². The van der Waals surface area contributed by atoms with Crippen LogP contribution in [-0.4, -0.2) is 26.5 Å². The molecule has 0 saturated carbocycles. The number of ether oxygens (including phenoxy) is 1. The zero-order chi connectivity index (χ0) is 17.5. The number of hydrogen-bond acceptors (Lipinski definition) is 5. The third kappa shape index (κ3) is 2.48. The fourth-order valence-electron chi connectivity index (χ4n) is 2.99. The first-order valence-electron chi connectivity index (χ1n) is 7.31. The quantitative estimate of drug-likeness (QED) is 0.626. The van der Waals surface area contributed by atoms with E-state index in [2.05, 4.69) is 0 Å². The van der Waals surface area contributed by atoms with E-state index in [-0.39, 0.29) is 22.4 Å². The number of nitro benzene ring substituents is 1. The van der Waals surface area contributed by atoms with E-state index < -0.39 is 14.9 Å². The summed E-state index contributed by atoms with van der Waals surface area (Å²) in [5, 5.41) is 11.2. The number of methoxy groups -OCH3 is 1. The molecule has 0 fully saturated rings. The second kappa shape index (κ2) is 5.79. The topological polar surface area (TPSA) is 89.8 Å². The van der Waals surface area contributed by atoms with Gasteiger partial charge in [-0.25, -0.2) is 8.42 Å². The standard InChI is InChI=1S/C16H16N2O5S/c1-11-9-12-5-3-4-6-14(12)17(11)24(21,22)13-7-8-16(23-2)15(10-13)18(19)20/h3-8,10-11H,9H2,1-2H3.